The molecule has 2 aromatic rings. The fraction of sp³-hybridized carbons (Fsp3) is 0.333. The summed E-state index contributed by atoms with van der Waals surface area (Å²) in [7, 11) is 0. The number of halogens is 1. The molecule has 0 radical (unpaired) electrons. The van der Waals surface area contributed by atoms with Gasteiger partial charge in [0.2, 0.25) is 5.91 Å². The summed E-state index contributed by atoms with van der Waals surface area (Å²) in [6, 6.07) is 10.4. The van der Waals surface area contributed by atoms with Crippen molar-refractivity contribution >= 4 is 5.91 Å². The van der Waals surface area contributed by atoms with Crippen LogP contribution in [0.3, 0.4) is 0 Å². The lowest BCUT2D eigenvalue weighted by Crippen LogP contribution is -2.40. The molecule has 0 spiro atoms. The van der Waals surface area contributed by atoms with Gasteiger partial charge >= 0.3 is 0 Å². The van der Waals surface area contributed by atoms with Crippen LogP contribution in [0, 0.1) is 5.82 Å². The van der Waals surface area contributed by atoms with Crippen LogP contribution in [-0.4, -0.2) is 33.1 Å². The third kappa shape index (κ3) is 3.89. The van der Waals surface area contributed by atoms with Crippen molar-refractivity contribution < 1.29 is 14.3 Å². The maximum absolute atomic E-state index is 13.0. The lowest BCUT2D eigenvalue weighted by molar-refractivity contribution is -0.134. The molecule has 0 aliphatic heterocycles. The second-order valence-corrected chi connectivity index (χ2v) is 6.01. The Labute approximate surface area is 139 Å². The van der Waals surface area contributed by atoms with Gasteiger partial charge in [0, 0.05) is 18.3 Å². The molecule has 1 aromatic heterocycles. The van der Waals surface area contributed by atoms with Gasteiger partial charge in [-0.05, 0) is 36.6 Å². The highest BCUT2D eigenvalue weighted by molar-refractivity contribution is 5.76. The van der Waals surface area contributed by atoms with Gasteiger partial charge in [-0.2, -0.15) is 0 Å². The Morgan fingerprint density at radius 1 is 1.25 bits per heavy atom. The first kappa shape index (κ1) is 16.4. The molecule has 0 saturated heterocycles. The van der Waals surface area contributed by atoms with Crippen LogP contribution in [0.2, 0.25) is 0 Å². The number of hydrogen-bond acceptors (Lipinski definition) is 3. The molecule has 1 unspecified atom stereocenters. The average Bonchev–Trinajstić information content (AvgIpc) is 3.40. The number of aliphatic hydroxyl groups excluding tert-OH is 1. The zero-order chi connectivity index (χ0) is 17.1. The number of aliphatic hydroxyl groups is 1. The number of amides is 1. The van der Waals surface area contributed by atoms with E-state index < -0.39 is 6.10 Å². The van der Waals surface area contributed by atoms with Gasteiger partial charge in [0.1, 0.15) is 12.4 Å². The van der Waals surface area contributed by atoms with Crippen molar-refractivity contribution in [2.45, 2.75) is 31.5 Å². The molecule has 1 heterocycles. The van der Waals surface area contributed by atoms with Gasteiger partial charge in [-0.3, -0.25) is 9.59 Å². The Morgan fingerprint density at radius 3 is 2.58 bits per heavy atom. The summed E-state index contributed by atoms with van der Waals surface area (Å²) in [4.78, 5) is 25.9. The molecule has 0 bridgehead atoms. The Balaban J connectivity index is 1.70. The highest BCUT2D eigenvalue weighted by Crippen LogP contribution is 2.29. The maximum Gasteiger partial charge on any atom is 0.250 e. The number of rotatable bonds is 6. The van der Waals surface area contributed by atoms with Gasteiger partial charge < -0.3 is 14.6 Å². The van der Waals surface area contributed by atoms with Crippen LogP contribution in [0.25, 0.3) is 0 Å². The summed E-state index contributed by atoms with van der Waals surface area (Å²) in [5.41, 5.74) is 0.326. The quantitative estimate of drug-likeness (QED) is 0.877. The van der Waals surface area contributed by atoms with Crippen LogP contribution >= 0.6 is 0 Å². The van der Waals surface area contributed by atoms with E-state index in [1.165, 1.54) is 34.9 Å². The van der Waals surface area contributed by atoms with Crippen molar-refractivity contribution in [1.29, 1.82) is 0 Å². The van der Waals surface area contributed by atoms with Crippen LogP contribution in [0.5, 0.6) is 0 Å². The summed E-state index contributed by atoms with van der Waals surface area (Å²) in [5, 5.41) is 10.3. The average molecular weight is 330 g/mol. The largest absolute Gasteiger partial charge is 0.387 e. The summed E-state index contributed by atoms with van der Waals surface area (Å²) >= 11 is 0. The normalized spacial score (nSPS) is 15.1. The minimum atomic E-state index is -0.886. The standard InChI is InChI=1S/C18H19FN2O3/c19-14-6-4-13(5-7-14)16(22)11-21(15-8-9-15)18(24)12-20-10-2-1-3-17(20)23/h1-7,10,15-16,22H,8-9,11-12H2. The minimum Gasteiger partial charge on any atom is -0.387 e. The first-order valence-electron chi connectivity index (χ1n) is 7.93. The SMILES string of the molecule is O=C(Cn1ccccc1=O)N(CC(O)c1ccc(F)cc1)C1CC1. The van der Waals surface area contributed by atoms with Crippen LogP contribution in [0.15, 0.2) is 53.5 Å². The molecular weight excluding hydrogens is 311 g/mol. The molecule has 126 valence electrons. The molecule has 5 nitrogen and oxygen atoms in total. The van der Waals surface area contributed by atoms with Gasteiger partial charge in [0.05, 0.1) is 12.6 Å². The lowest BCUT2D eigenvalue weighted by atomic mass is 10.1. The van der Waals surface area contributed by atoms with E-state index >= 15 is 0 Å². The van der Waals surface area contributed by atoms with Crippen molar-refractivity contribution in [2.24, 2.45) is 0 Å². The first-order chi connectivity index (χ1) is 11.5. The van der Waals surface area contributed by atoms with Crippen molar-refractivity contribution in [2.75, 3.05) is 6.54 Å². The zero-order valence-electron chi connectivity index (χ0n) is 13.1. The number of carbonyl (C=O) groups excluding carboxylic acids is 1. The third-order valence-electron chi connectivity index (χ3n) is 4.14. The number of pyridine rings is 1. The highest BCUT2D eigenvalue weighted by atomic mass is 19.1. The molecule has 1 aromatic carbocycles. The Bertz CT molecular complexity index is 768. The summed E-state index contributed by atoms with van der Waals surface area (Å²) in [6.45, 7) is 0.0863. The summed E-state index contributed by atoms with van der Waals surface area (Å²) in [6.07, 6.45) is 2.47. The Kier molecular flexibility index (Phi) is 4.76. The molecule has 1 aliphatic carbocycles. The number of benzene rings is 1. The molecule has 3 rings (SSSR count). The topological polar surface area (TPSA) is 62.5 Å². The fourth-order valence-corrected chi connectivity index (χ4v) is 2.65. The van der Waals surface area contributed by atoms with Gasteiger partial charge in [-0.15, -0.1) is 0 Å². The molecular formula is C18H19FN2O3. The Morgan fingerprint density at radius 2 is 1.96 bits per heavy atom. The summed E-state index contributed by atoms with van der Waals surface area (Å²) < 4.78 is 14.3. The first-order valence-corrected chi connectivity index (χ1v) is 7.93. The predicted octanol–water partition coefficient (Wildman–Crippen LogP) is 1.71. The second kappa shape index (κ2) is 6.97. The van der Waals surface area contributed by atoms with Crippen molar-refractivity contribution in [3.05, 3.63) is 70.4 Å². The van der Waals surface area contributed by atoms with Crippen LogP contribution in [-0.2, 0) is 11.3 Å². The number of carbonyl (C=O) groups is 1. The van der Waals surface area contributed by atoms with Crippen molar-refractivity contribution in [1.82, 2.24) is 9.47 Å². The third-order valence-corrected chi connectivity index (χ3v) is 4.14. The molecule has 1 fully saturated rings. The molecule has 1 aliphatic rings. The number of hydrogen-bond donors (Lipinski definition) is 1. The minimum absolute atomic E-state index is 0.0493. The van der Waals surface area contributed by atoms with E-state index in [0.717, 1.165) is 12.8 Å². The van der Waals surface area contributed by atoms with Gasteiger partial charge in [-0.1, -0.05) is 18.2 Å². The fourth-order valence-electron chi connectivity index (χ4n) is 2.65. The number of aromatic nitrogens is 1. The van der Waals surface area contributed by atoms with E-state index in [-0.39, 0.29) is 36.4 Å². The molecule has 1 atom stereocenters. The monoisotopic (exact) mass is 330 g/mol. The smallest absolute Gasteiger partial charge is 0.250 e. The summed E-state index contributed by atoms with van der Waals surface area (Å²) in [5.74, 6) is -0.573. The molecule has 6 heteroatoms. The van der Waals surface area contributed by atoms with E-state index in [2.05, 4.69) is 0 Å². The highest BCUT2D eigenvalue weighted by Gasteiger charge is 2.34. The van der Waals surface area contributed by atoms with E-state index in [0.29, 0.717) is 5.56 Å². The molecule has 24 heavy (non-hydrogen) atoms. The zero-order valence-corrected chi connectivity index (χ0v) is 13.1. The van der Waals surface area contributed by atoms with Crippen molar-refractivity contribution in [3.8, 4) is 0 Å². The van der Waals surface area contributed by atoms with E-state index in [1.807, 2.05) is 0 Å². The van der Waals surface area contributed by atoms with Gasteiger partial charge in [0.25, 0.3) is 5.56 Å². The Hall–Kier alpha value is -2.47. The van der Waals surface area contributed by atoms with Gasteiger partial charge in [-0.25, -0.2) is 4.39 Å². The second-order valence-electron chi connectivity index (χ2n) is 6.01. The predicted molar refractivity (Wildman–Crippen MR) is 86.8 cm³/mol. The van der Waals surface area contributed by atoms with Crippen LogP contribution in [0.4, 0.5) is 4.39 Å². The molecule has 1 saturated carbocycles. The van der Waals surface area contributed by atoms with E-state index in [9.17, 15) is 19.1 Å². The van der Waals surface area contributed by atoms with E-state index in [1.54, 1.807) is 23.2 Å². The maximum atomic E-state index is 13.0. The van der Waals surface area contributed by atoms with Crippen LogP contribution in [0.1, 0.15) is 24.5 Å². The molecule has 1 N–H and O–H groups in total. The lowest BCUT2D eigenvalue weighted by Gasteiger charge is -2.26. The van der Waals surface area contributed by atoms with Gasteiger partial charge in [0.15, 0.2) is 0 Å². The van der Waals surface area contributed by atoms with Crippen molar-refractivity contribution in [3.63, 3.8) is 0 Å². The number of nitrogens with zero attached hydrogens (tertiary/aromatic N) is 2. The van der Waals surface area contributed by atoms with Crippen LogP contribution < -0.4 is 5.56 Å². The molecule has 1 amide bonds. The van der Waals surface area contributed by atoms with E-state index in [4.69, 9.17) is 0 Å².